The summed E-state index contributed by atoms with van der Waals surface area (Å²) >= 11 is 0. The molecule has 4 aromatic rings. The quantitative estimate of drug-likeness (QED) is 0.337. The van der Waals surface area contributed by atoms with Gasteiger partial charge in [-0.15, -0.1) is 0 Å². The van der Waals surface area contributed by atoms with Crippen LogP contribution in [0.4, 0.5) is 10.1 Å². The zero-order chi connectivity index (χ0) is 24.8. The molecule has 1 N–H and O–H groups in total. The summed E-state index contributed by atoms with van der Waals surface area (Å²) in [4.78, 5) is 15.1. The molecule has 0 saturated carbocycles. The molecule has 0 aliphatic carbocycles. The van der Waals surface area contributed by atoms with Gasteiger partial charge < -0.3 is 5.32 Å². The Hall–Kier alpha value is -3.77. The number of halogens is 1. The number of para-hydroxylation sites is 1. The van der Waals surface area contributed by atoms with E-state index in [9.17, 15) is 9.18 Å². The van der Waals surface area contributed by atoms with Crippen LogP contribution in [-0.2, 0) is 18.3 Å². The second-order valence-corrected chi connectivity index (χ2v) is 8.81. The Morgan fingerprint density at radius 2 is 1.69 bits per heavy atom. The molecule has 0 unspecified atom stereocenters. The Bertz CT molecular complexity index is 1270. The number of rotatable bonds is 9. The molecule has 1 atom stereocenters. The van der Waals surface area contributed by atoms with Crippen molar-refractivity contribution in [3.8, 4) is 22.4 Å². The third-order valence-corrected chi connectivity index (χ3v) is 6.32. The van der Waals surface area contributed by atoms with Crippen molar-refractivity contribution in [2.75, 3.05) is 18.9 Å². The van der Waals surface area contributed by atoms with E-state index in [1.54, 1.807) is 12.1 Å². The lowest BCUT2D eigenvalue weighted by atomic mass is 10.0. The SMILES string of the molecule is C[C@@H](C(=O)Nc1ccccc1-c1ccccc1)N(C)CCCc1cc(-c2ccc(F)cc2)n(C)n1. The molecule has 0 radical (unpaired) electrons. The number of benzene rings is 3. The van der Waals surface area contributed by atoms with E-state index < -0.39 is 0 Å². The van der Waals surface area contributed by atoms with E-state index in [2.05, 4.69) is 15.3 Å². The lowest BCUT2D eigenvalue weighted by Crippen LogP contribution is -2.40. The van der Waals surface area contributed by atoms with Gasteiger partial charge in [0.15, 0.2) is 0 Å². The maximum absolute atomic E-state index is 13.2. The highest BCUT2D eigenvalue weighted by atomic mass is 19.1. The number of hydrogen-bond donors (Lipinski definition) is 1. The van der Waals surface area contributed by atoms with Crippen molar-refractivity contribution in [1.82, 2.24) is 14.7 Å². The van der Waals surface area contributed by atoms with Gasteiger partial charge in [0.2, 0.25) is 5.91 Å². The van der Waals surface area contributed by atoms with Crippen molar-refractivity contribution in [3.63, 3.8) is 0 Å². The standard InChI is InChI=1S/C29H31FN4O/c1-21(29(35)31-27-14-8-7-13-26(27)22-10-5-4-6-11-22)33(2)19-9-12-25-20-28(34(3)32-25)23-15-17-24(30)18-16-23/h4-8,10-11,13-18,20-21H,9,12,19H2,1-3H3,(H,31,35)/t21-/m0/s1. The van der Waals surface area contributed by atoms with E-state index >= 15 is 0 Å². The number of anilines is 1. The normalized spacial score (nSPS) is 12.0. The fraction of sp³-hybridized carbons (Fsp3) is 0.241. The van der Waals surface area contributed by atoms with Crippen molar-refractivity contribution in [3.05, 3.63) is 96.4 Å². The molecule has 4 rings (SSSR count). The van der Waals surface area contributed by atoms with Gasteiger partial charge in [-0.25, -0.2) is 4.39 Å². The van der Waals surface area contributed by atoms with Gasteiger partial charge in [0.25, 0.3) is 0 Å². The highest BCUT2D eigenvalue weighted by Gasteiger charge is 2.19. The molecular weight excluding hydrogens is 439 g/mol. The summed E-state index contributed by atoms with van der Waals surface area (Å²) in [6.45, 7) is 2.69. The van der Waals surface area contributed by atoms with Crippen LogP contribution in [0, 0.1) is 5.82 Å². The first kappa shape index (κ1) is 24.4. The van der Waals surface area contributed by atoms with Gasteiger partial charge in [0, 0.05) is 18.3 Å². The van der Waals surface area contributed by atoms with Gasteiger partial charge in [-0.2, -0.15) is 5.10 Å². The number of likely N-dealkylation sites (N-methyl/N-ethyl adjacent to an activating group) is 1. The number of carbonyl (C=O) groups is 1. The van der Waals surface area contributed by atoms with E-state index in [0.717, 1.165) is 53.2 Å². The molecule has 1 aromatic heterocycles. The first-order valence-electron chi connectivity index (χ1n) is 11.9. The number of carbonyl (C=O) groups excluding carboxylic acids is 1. The van der Waals surface area contributed by atoms with Crippen molar-refractivity contribution < 1.29 is 9.18 Å². The Kier molecular flexibility index (Phi) is 7.73. The maximum atomic E-state index is 13.2. The smallest absolute Gasteiger partial charge is 0.241 e. The van der Waals surface area contributed by atoms with Gasteiger partial charge in [0.05, 0.1) is 17.4 Å². The number of amides is 1. The fourth-order valence-corrected chi connectivity index (χ4v) is 4.14. The van der Waals surface area contributed by atoms with E-state index in [1.165, 1.54) is 12.1 Å². The first-order valence-corrected chi connectivity index (χ1v) is 11.9. The van der Waals surface area contributed by atoms with Crippen LogP contribution in [0.15, 0.2) is 84.9 Å². The van der Waals surface area contributed by atoms with Crippen LogP contribution >= 0.6 is 0 Å². The fourth-order valence-electron chi connectivity index (χ4n) is 4.14. The lowest BCUT2D eigenvalue weighted by Gasteiger charge is -2.24. The number of aromatic nitrogens is 2. The molecule has 0 bridgehead atoms. The van der Waals surface area contributed by atoms with E-state index in [0.29, 0.717) is 0 Å². The van der Waals surface area contributed by atoms with Crippen molar-refractivity contribution in [2.24, 2.45) is 7.05 Å². The maximum Gasteiger partial charge on any atom is 0.241 e. The molecule has 5 nitrogen and oxygen atoms in total. The van der Waals surface area contributed by atoms with Crippen LogP contribution in [0.2, 0.25) is 0 Å². The van der Waals surface area contributed by atoms with Crippen molar-refractivity contribution in [1.29, 1.82) is 0 Å². The Balaban J connectivity index is 1.32. The molecule has 180 valence electrons. The summed E-state index contributed by atoms with van der Waals surface area (Å²) in [6.07, 6.45) is 1.67. The lowest BCUT2D eigenvalue weighted by molar-refractivity contribution is -0.120. The molecule has 3 aromatic carbocycles. The summed E-state index contributed by atoms with van der Waals surface area (Å²) in [6, 6.07) is 26.1. The summed E-state index contributed by atoms with van der Waals surface area (Å²) in [5.74, 6) is -0.284. The molecule has 6 heteroatoms. The molecular formula is C29H31FN4O. The van der Waals surface area contributed by atoms with Gasteiger partial charge in [0.1, 0.15) is 5.82 Å². The summed E-state index contributed by atoms with van der Waals surface area (Å²) in [5, 5.41) is 7.71. The largest absolute Gasteiger partial charge is 0.324 e. The summed E-state index contributed by atoms with van der Waals surface area (Å²) in [5.41, 5.74) is 5.76. The van der Waals surface area contributed by atoms with Gasteiger partial charge in [-0.05, 0) is 80.9 Å². The number of hydrogen-bond acceptors (Lipinski definition) is 3. The van der Waals surface area contributed by atoms with E-state index in [4.69, 9.17) is 0 Å². The molecule has 1 amide bonds. The Morgan fingerprint density at radius 1 is 1.00 bits per heavy atom. The van der Waals surface area contributed by atoms with Gasteiger partial charge in [-0.3, -0.25) is 14.4 Å². The van der Waals surface area contributed by atoms with Crippen molar-refractivity contribution >= 4 is 11.6 Å². The minimum atomic E-state index is -0.280. The second kappa shape index (κ2) is 11.1. The van der Waals surface area contributed by atoms with Crippen molar-refractivity contribution in [2.45, 2.75) is 25.8 Å². The number of nitrogens with zero attached hydrogens (tertiary/aromatic N) is 3. The second-order valence-electron chi connectivity index (χ2n) is 8.81. The molecule has 35 heavy (non-hydrogen) atoms. The average molecular weight is 471 g/mol. The first-order chi connectivity index (χ1) is 16.9. The minimum Gasteiger partial charge on any atom is -0.324 e. The number of aryl methyl sites for hydroxylation is 2. The minimum absolute atomic E-state index is 0.0349. The van der Waals surface area contributed by atoms with Gasteiger partial charge >= 0.3 is 0 Å². The van der Waals surface area contributed by atoms with Crippen LogP contribution < -0.4 is 5.32 Å². The van der Waals surface area contributed by atoms with Crippen LogP contribution in [0.25, 0.3) is 22.4 Å². The molecule has 0 aliphatic rings. The van der Waals surface area contributed by atoms with Crippen LogP contribution in [-0.4, -0.2) is 40.2 Å². The predicted octanol–water partition coefficient (Wildman–Crippen LogP) is 5.78. The monoisotopic (exact) mass is 470 g/mol. The zero-order valence-electron chi connectivity index (χ0n) is 20.4. The molecule has 0 saturated heterocycles. The summed E-state index contributed by atoms with van der Waals surface area (Å²) in [7, 11) is 3.86. The highest BCUT2D eigenvalue weighted by Crippen LogP contribution is 2.28. The van der Waals surface area contributed by atoms with Crippen LogP contribution in [0.5, 0.6) is 0 Å². The average Bonchev–Trinajstić information content (AvgIpc) is 3.25. The topological polar surface area (TPSA) is 50.2 Å². The third kappa shape index (κ3) is 6.03. The molecule has 0 fully saturated rings. The Labute approximate surface area is 206 Å². The molecule has 0 aliphatic heterocycles. The van der Waals surface area contributed by atoms with E-state index in [-0.39, 0.29) is 17.8 Å². The van der Waals surface area contributed by atoms with E-state index in [1.807, 2.05) is 86.4 Å². The highest BCUT2D eigenvalue weighted by molar-refractivity contribution is 5.98. The van der Waals surface area contributed by atoms with Crippen LogP contribution in [0.3, 0.4) is 0 Å². The Morgan fingerprint density at radius 3 is 2.43 bits per heavy atom. The van der Waals surface area contributed by atoms with Gasteiger partial charge in [-0.1, -0.05) is 48.5 Å². The third-order valence-electron chi connectivity index (χ3n) is 6.32. The predicted molar refractivity (Wildman–Crippen MR) is 140 cm³/mol. The molecule has 0 spiro atoms. The number of nitrogens with one attached hydrogen (secondary N) is 1. The van der Waals surface area contributed by atoms with Crippen LogP contribution in [0.1, 0.15) is 19.0 Å². The zero-order valence-corrected chi connectivity index (χ0v) is 20.4. The summed E-state index contributed by atoms with van der Waals surface area (Å²) < 4.78 is 15.1. The molecule has 1 heterocycles.